The molecule has 0 saturated heterocycles. The molecule has 4 nitrogen and oxygen atoms in total. The van der Waals surface area contributed by atoms with E-state index in [0.29, 0.717) is 10.2 Å². The van der Waals surface area contributed by atoms with E-state index in [9.17, 15) is 9.59 Å². The highest BCUT2D eigenvalue weighted by Gasteiger charge is 2.18. The van der Waals surface area contributed by atoms with Crippen molar-refractivity contribution in [3.05, 3.63) is 51.4 Å². The highest BCUT2D eigenvalue weighted by atomic mass is 32.1. The van der Waals surface area contributed by atoms with Crippen molar-refractivity contribution < 1.29 is 4.79 Å². The first-order valence-electron chi connectivity index (χ1n) is 7.46. The van der Waals surface area contributed by atoms with E-state index in [2.05, 4.69) is 31.0 Å². The molecule has 0 unspecified atom stereocenters. The Morgan fingerprint density at radius 1 is 1.26 bits per heavy atom. The second-order valence-electron chi connectivity index (χ2n) is 5.87. The lowest BCUT2D eigenvalue weighted by Gasteiger charge is -2.11. The van der Waals surface area contributed by atoms with Gasteiger partial charge >= 0.3 is 0 Å². The van der Waals surface area contributed by atoms with Crippen LogP contribution < -0.4 is 5.56 Å². The number of ketones is 1. The van der Waals surface area contributed by atoms with Crippen molar-refractivity contribution in [2.24, 2.45) is 0 Å². The zero-order chi connectivity index (χ0) is 16.7. The first-order valence-corrected chi connectivity index (χ1v) is 8.34. The molecule has 118 valence electrons. The molecule has 0 radical (unpaired) electrons. The lowest BCUT2D eigenvalue weighted by Crippen LogP contribution is -2.27. The number of benzene rings is 1. The van der Waals surface area contributed by atoms with Crippen LogP contribution in [0, 0.1) is 13.8 Å². The van der Waals surface area contributed by atoms with E-state index in [1.807, 2.05) is 11.4 Å². The molecule has 0 aliphatic heterocycles. The fourth-order valence-corrected chi connectivity index (χ4v) is 3.45. The Bertz CT molecular complexity index is 969. The number of aromatic nitrogens is 2. The second kappa shape index (κ2) is 5.74. The number of nitrogens with zero attached hydrogens (tertiary/aromatic N) is 2. The average molecular weight is 326 g/mol. The van der Waals surface area contributed by atoms with Gasteiger partial charge in [-0.25, -0.2) is 4.98 Å². The summed E-state index contributed by atoms with van der Waals surface area (Å²) in [7, 11) is 0. The monoisotopic (exact) mass is 326 g/mol. The van der Waals surface area contributed by atoms with Crippen LogP contribution in [0.3, 0.4) is 0 Å². The van der Waals surface area contributed by atoms with Gasteiger partial charge in [-0.1, -0.05) is 18.2 Å². The molecule has 0 saturated carbocycles. The number of hydrogen-bond acceptors (Lipinski definition) is 4. The summed E-state index contributed by atoms with van der Waals surface area (Å²) in [6.07, 6.45) is 1.47. The molecule has 0 bridgehead atoms. The van der Waals surface area contributed by atoms with Crippen LogP contribution in [0.15, 0.2) is 34.7 Å². The van der Waals surface area contributed by atoms with Crippen molar-refractivity contribution in [3.8, 4) is 11.1 Å². The number of aryl methyl sites for hydroxylation is 2. The number of Topliss-reactive ketones (excluding diaryl/α,β-unsaturated/α-hetero) is 1. The third kappa shape index (κ3) is 2.61. The Labute approximate surface area is 138 Å². The molecule has 3 rings (SSSR count). The highest BCUT2D eigenvalue weighted by Crippen LogP contribution is 2.31. The number of carbonyl (C=O) groups is 1. The van der Waals surface area contributed by atoms with E-state index in [4.69, 9.17) is 0 Å². The van der Waals surface area contributed by atoms with Gasteiger partial charge in [0, 0.05) is 10.9 Å². The van der Waals surface area contributed by atoms with E-state index in [0.717, 1.165) is 11.1 Å². The van der Waals surface area contributed by atoms with Crippen LogP contribution in [0.5, 0.6) is 0 Å². The fraction of sp³-hybridized carbons (Fsp3) is 0.278. The van der Waals surface area contributed by atoms with Gasteiger partial charge in [-0.15, -0.1) is 11.3 Å². The van der Waals surface area contributed by atoms with Crippen LogP contribution in [0.4, 0.5) is 0 Å². The standard InChI is InChI=1S/C18H18N2O2S/c1-10-5-6-14(7-11(10)2)15-8-23-17-16(15)18(22)20(9-19-17)12(3)13(4)21/h5-9,12H,1-4H3/t12-/m1/s1. The first-order chi connectivity index (χ1) is 10.9. The summed E-state index contributed by atoms with van der Waals surface area (Å²) >= 11 is 1.45. The smallest absolute Gasteiger partial charge is 0.263 e. The van der Waals surface area contributed by atoms with Crippen molar-refractivity contribution in [1.82, 2.24) is 9.55 Å². The maximum Gasteiger partial charge on any atom is 0.263 e. The van der Waals surface area contributed by atoms with Crippen molar-refractivity contribution >= 4 is 27.3 Å². The minimum absolute atomic E-state index is 0.0591. The molecular weight excluding hydrogens is 308 g/mol. The van der Waals surface area contributed by atoms with Gasteiger partial charge in [0.1, 0.15) is 4.83 Å². The van der Waals surface area contributed by atoms with E-state index in [-0.39, 0.29) is 11.3 Å². The van der Waals surface area contributed by atoms with Gasteiger partial charge in [0.25, 0.3) is 5.56 Å². The van der Waals surface area contributed by atoms with Crippen molar-refractivity contribution in [3.63, 3.8) is 0 Å². The summed E-state index contributed by atoms with van der Waals surface area (Å²) in [5.74, 6) is -0.0591. The van der Waals surface area contributed by atoms with E-state index < -0.39 is 6.04 Å². The Kier molecular flexibility index (Phi) is 3.90. The molecule has 0 amide bonds. The van der Waals surface area contributed by atoms with Crippen LogP contribution >= 0.6 is 11.3 Å². The highest BCUT2D eigenvalue weighted by molar-refractivity contribution is 7.17. The fourth-order valence-electron chi connectivity index (χ4n) is 2.54. The van der Waals surface area contributed by atoms with Crippen LogP contribution in [-0.2, 0) is 4.79 Å². The first kappa shape index (κ1) is 15.6. The number of thiophene rings is 1. The van der Waals surface area contributed by atoms with Gasteiger partial charge in [-0.2, -0.15) is 0 Å². The summed E-state index contributed by atoms with van der Waals surface area (Å²) in [6, 6.07) is 5.66. The molecule has 0 spiro atoms. The van der Waals surface area contributed by atoms with Gasteiger partial charge in [-0.05, 0) is 44.4 Å². The molecule has 0 aliphatic rings. The minimum atomic E-state index is -0.507. The zero-order valence-corrected chi connectivity index (χ0v) is 14.4. The molecule has 2 aromatic heterocycles. The summed E-state index contributed by atoms with van der Waals surface area (Å²) < 4.78 is 1.42. The molecule has 0 fully saturated rings. The Morgan fingerprint density at radius 3 is 2.65 bits per heavy atom. The second-order valence-corrected chi connectivity index (χ2v) is 6.73. The number of rotatable bonds is 3. The molecule has 1 atom stereocenters. The van der Waals surface area contributed by atoms with Crippen molar-refractivity contribution in [1.29, 1.82) is 0 Å². The molecule has 0 N–H and O–H groups in total. The van der Waals surface area contributed by atoms with Crippen LogP contribution in [0.1, 0.15) is 31.0 Å². The van der Waals surface area contributed by atoms with E-state index in [1.165, 1.54) is 40.3 Å². The lowest BCUT2D eigenvalue weighted by molar-refractivity contribution is -0.119. The molecule has 3 aromatic rings. The van der Waals surface area contributed by atoms with Gasteiger partial charge in [0.15, 0.2) is 5.78 Å². The Hall–Kier alpha value is -2.27. The quantitative estimate of drug-likeness (QED) is 0.733. The molecule has 0 aliphatic carbocycles. The SMILES string of the molecule is CC(=O)[C@@H](C)n1cnc2scc(-c3ccc(C)c(C)c3)c2c1=O. The minimum Gasteiger partial charge on any atom is -0.298 e. The lowest BCUT2D eigenvalue weighted by atomic mass is 10.0. The van der Waals surface area contributed by atoms with Crippen LogP contribution in [0.25, 0.3) is 21.3 Å². The summed E-state index contributed by atoms with van der Waals surface area (Å²) in [5, 5.41) is 2.56. The maximum absolute atomic E-state index is 12.9. The number of carbonyl (C=O) groups excluding carboxylic acids is 1. The van der Waals surface area contributed by atoms with E-state index >= 15 is 0 Å². The molecule has 5 heteroatoms. The third-order valence-corrected chi connectivity index (χ3v) is 5.23. The molecule has 23 heavy (non-hydrogen) atoms. The molecule has 1 aromatic carbocycles. The van der Waals surface area contributed by atoms with Crippen LogP contribution in [-0.4, -0.2) is 15.3 Å². The summed E-state index contributed by atoms with van der Waals surface area (Å²) in [5.41, 5.74) is 4.13. The average Bonchev–Trinajstić information content (AvgIpc) is 2.94. The predicted molar refractivity (Wildman–Crippen MR) is 94.2 cm³/mol. The summed E-state index contributed by atoms with van der Waals surface area (Å²) in [6.45, 7) is 7.33. The topological polar surface area (TPSA) is 52.0 Å². The Balaban J connectivity index is 2.27. The maximum atomic E-state index is 12.9. The van der Waals surface area contributed by atoms with Gasteiger partial charge in [0.2, 0.25) is 0 Å². The number of hydrogen-bond donors (Lipinski definition) is 0. The normalized spacial score (nSPS) is 12.5. The predicted octanol–water partition coefficient (Wildman–Crippen LogP) is 3.89. The summed E-state index contributed by atoms with van der Waals surface area (Å²) in [4.78, 5) is 29.5. The van der Waals surface area contributed by atoms with E-state index in [1.54, 1.807) is 6.92 Å². The van der Waals surface area contributed by atoms with Crippen LogP contribution in [0.2, 0.25) is 0 Å². The van der Waals surface area contributed by atoms with Gasteiger partial charge < -0.3 is 0 Å². The third-order valence-electron chi connectivity index (χ3n) is 4.34. The molecule has 2 heterocycles. The van der Waals surface area contributed by atoms with Gasteiger partial charge in [0.05, 0.1) is 17.8 Å². The molecular formula is C18H18N2O2S. The van der Waals surface area contributed by atoms with Crippen molar-refractivity contribution in [2.45, 2.75) is 33.7 Å². The van der Waals surface area contributed by atoms with Gasteiger partial charge in [-0.3, -0.25) is 14.2 Å². The Morgan fingerprint density at radius 2 is 2.00 bits per heavy atom. The zero-order valence-electron chi connectivity index (χ0n) is 13.6. The van der Waals surface area contributed by atoms with Crippen molar-refractivity contribution in [2.75, 3.05) is 0 Å². The largest absolute Gasteiger partial charge is 0.298 e. The number of fused-ring (bicyclic) bond motifs is 1.